The summed E-state index contributed by atoms with van der Waals surface area (Å²) in [7, 11) is 1.60. The number of aromatic nitrogens is 1. The van der Waals surface area contributed by atoms with E-state index in [2.05, 4.69) is 20.9 Å². The summed E-state index contributed by atoms with van der Waals surface area (Å²) in [5.41, 5.74) is 5.68. The summed E-state index contributed by atoms with van der Waals surface area (Å²) in [5.74, 6) is -0.517. The molecule has 0 bridgehead atoms. The normalized spacial score (nSPS) is 10.1. The Morgan fingerprint density at radius 2 is 2.15 bits per heavy atom. The fraction of sp³-hybridized carbons (Fsp3) is 0.545. The molecule has 0 aliphatic carbocycles. The lowest BCUT2D eigenvalue weighted by atomic mass is 10.4. The summed E-state index contributed by atoms with van der Waals surface area (Å²) >= 11 is 1.14. The molecule has 0 aliphatic heterocycles. The first kappa shape index (κ1) is 16.2. The Hall–Kier alpha value is -1.87. The summed E-state index contributed by atoms with van der Waals surface area (Å²) < 4.78 is 4.90. The van der Waals surface area contributed by atoms with Gasteiger partial charge >= 0.3 is 0 Å². The van der Waals surface area contributed by atoms with Crippen molar-refractivity contribution in [2.24, 2.45) is 0 Å². The van der Waals surface area contributed by atoms with Crippen LogP contribution >= 0.6 is 11.3 Å². The Morgan fingerprint density at radius 1 is 1.40 bits per heavy atom. The van der Waals surface area contributed by atoms with Crippen LogP contribution in [0, 0.1) is 0 Å². The first-order valence-electron chi connectivity index (χ1n) is 6.12. The van der Waals surface area contributed by atoms with Crippen LogP contribution in [0.15, 0.2) is 0 Å². The average Bonchev–Trinajstić information content (AvgIpc) is 2.78. The Labute approximate surface area is 121 Å². The highest BCUT2D eigenvalue weighted by atomic mass is 32.1. The van der Waals surface area contributed by atoms with E-state index in [0.29, 0.717) is 24.8 Å². The first-order chi connectivity index (χ1) is 9.58. The van der Waals surface area contributed by atoms with Crippen molar-refractivity contribution in [2.75, 3.05) is 44.4 Å². The maximum atomic E-state index is 11.9. The van der Waals surface area contributed by atoms with Crippen LogP contribution in [0.2, 0.25) is 0 Å². The van der Waals surface area contributed by atoms with Gasteiger partial charge in [-0.15, -0.1) is 0 Å². The smallest absolute Gasteiger partial charge is 0.265 e. The van der Waals surface area contributed by atoms with Crippen molar-refractivity contribution < 1.29 is 14.3 Å². The van der Waals surface area contributed by atoms with E-state index in [-0.39, 0.29) is 23.1 Å². The Bertz CT molecular complexity index is 463. The van der Waals surface area contributed by atoms with E-state index in [1.807, 2.05) is 0 Å². The van der Waals surface area contributed by atoms with Gasteiger partial charge in [0.2, 0.25) is 5.91 Å². The van der Waals surface area contributed by atoms with E-state index in [1.165, 1.54) is 0 Å². The second-order valence-corrected chi connectivity index (χ2v) is 4.79. The second kappa shape index (κ2) is 8.33. The topological polar surface area (TPSA) is 118 Å². The minimum Gasteiger partial charge on any atom is -0.383 e. The molecule has 5 N–H and O–H groups in total. The largest absolute Gasteiger partial charge is 0.383 e. The third kappa shape index (κ3) is 5.02. The maximum Gasteiger partial charge on any atom is 0.265 e. The molecule has 0 fully saturated rings. The van der Waals surface area contributed by atoms with Crippen LogP contribution in [0.3, 0.4) is 0 Å². The molecule has 0 unspecified atom stereocenters. The molecular formula is C11H19N5O3S. The van der Waals surface area contributed by atoms with E-state index in [4.69, 9.17) is 10.5 Å². The zero-order valence-corrected chi connectivity index (χ0v) is 12.3. The van der Waals surface area contributed by atoms with Gasteiger partial charge in [0.15, 0.2) is 5.13 Å². The fourth-order valence-corrected chi connectivity index (χ4v) is 2.16. The van der Waals surface area contributed by atoms with E-state index in [0.717, 1.165) is 11.3 Å². The number of nitrogen functional groups attached to an aromatic ring is 1. The van der Waals surface area contributed by atoms with Crippen molar-refractivity contribution in [1.82, 2.24) is 15.6 Å². The number of ether oxygens (including phenoxy) is 1. The highest BCUT2D eigenvalue weighted by Gasteiger charge is 2.16. The molecule has 9 heteroatoms. The number of rotatable bonds is 8. The van der Waals surface area contributed by atoms with Gasteiger partial charge in [0.1, 0.15) is 10.7 Å². The average molecular weight is 301 g/mol. The highest BCUT2D eigenvalue weighted by molar-refractivity contribution is 7.18. The number of hydrogen-bond acceptors (Lipinski definition) is 7. The molecule has 1 aromatic heterocycles. The van der Waals surface area contributed by atoms with Gasteiger partial charge in [0.05, 0.1) is 13.2 Å². The SMILES string of the molecule is CCNC(=O)CNC(=O)c1sc(NCCOC)nc1N. The highest BCUT2D eigenvalue weighted by Crippen LogP contribution is 2.24. The lowest BCUT2D eigenvalue weighted by Gasteiger charge is -2.03. The van der Waals surface area contributed by atoms with Crippen molar-refractivity contribution >= 4 is 34.1 Å². The number of carbonyl (C=O) groups is 2. The number of amides is 2. The van der Waals surface area contributed by atoms with Crippen LogP contribution in [0.25, 0.3) is 0 Å². The Morgan fingerprint density at radius 3 is 2.80 bits per heavy atom. The van der Waals surface area contributed by atoms with Gasteiger partial charge in [-0.1, -0.05) is 11.3 Å². The quantitative estimate of drug-likeness (QED) is 0.487. The molecule has 20 heavy (non-hydrogen) atoms. The van der Waals surface area contributed by atoms with Crippen molar-refractivity contribution in [1.29, 1.82) is 0 Å². The Balaban J connectivity index is 2.53. The van der Waals surface area contributed by atoms with Gasteiger partial charge in [-0.3, -0.25) is 9.59 Å². The zero-order valence-electron chi connectivity index (χ0n) is 11.5. The minimum absolute atomic E-state index is 0.0869. The van der Waals surface area contributed by atoms with E-state index >= 15 is 0 Å². The van der Waals surface area contributed by atoms with Gasteiger partial charge in [0.25, 0.3) is 5.91 Å². The first-order valence-corrected chi connectivity index (χ1v) is 6.94. The van der Waals surface area contributed by atoms with Gasteiger partial charge in [-0.05, 0) is 6.92 Å². The van der Waals surface area contributed by atoms with Crippen LogP contribution in [0.5, 0.6) is 0 Å². The minimum atomic E-state index is -0.411. The van der Waals surface area contributed by atoms with E-state index in [9.17, 15) is 9.59 Å². The molecule has 0 saturated heterocycles. The molecule has 0 atom stereocenters. The van der Waals surface area contributed by atoms with Crippen LogP contribution in [-0.4, -0.2) is 50.1 Å². The number of hydrogen-bond donors (Lipinski definition) is 4. The van der Waals surface area contributed by atoms with Gasteiger partial charge in [0, 0.05) is 20.2 Å². The molecule has 1 aromatic rings. The van der Waals surface area contributed by atoms with Crippen LogP contribution in [0.4, 0.5) is 10.9 Å². The number of methoxy groups -OCH3 is 1. The predicted octanol–water partition coefficient (Wildman–Crippen LogP) is -0.350. The lowest BCUT2D eigenvalue weighted by molar-refractivity contribution is -0.120. The molecule has 1 rings (SSSR count). The Kier molecular flexibility index (Phi) is 6.74. The molecule has 0 aliphatic rings. The number of nitrogens with one attached hydrogen (secondary N) is 3. The fourth-order valence-electron chi connectivity index (χ4n) is 1.33. The summed E-state index contributed by atoms with van der Waals surface area (Å²) in [6.07, 6.45) is 0. The number of carbonyl (C=O) groups excluding carboxylic acids is 2. The second-order valence-electron chi connectivity index (χ2n) is 3.79. The number of likely N-dealkylation sites (N-methyl/N-ethyl adjacent to an activating group) is 1. The molecular weight excluding hydrogens is 282 g/mol. The maximum absolute atomic E-state index is 11.9. The predicted molar refractivity (Wildman–Crippen MR) is 77.9 cm³/mol. The number of thiazole rings is 1. The molecule has 0 aromatic carbocycles. The van der Waals surface area contributed by atoms with Gasteiger partial charge < -0.3 is 26.4 Å². The molecule has 0 saturated carbocycles. The number of nitrogens with two attached hydrogens (primary N) is 1. The van der Waals surface area contributed by atoms with E-state index < -0.39 is 5.91 Å². The monoisotopic (exact) mass is 301 g/mol. The number of anilines is 2. The van der Waals surface area contributed by atoms with Crippen molar-refractivity contribution in [3.8, 4) is 0 Å². The summed E-state index contributed by atoms with van der Waals surface area (Å²) in [6.45, 7) is 3.34. The van der Waals surface area contributed by atoms with Crippen LogP contribution in [0.1, 0.15) is 16.6 Å². The van der Waals surface area contributed by atoms with Crippen molar-refractivity contribution in [2.45, 2.75) is 6.92 Å². The molecule has 2 amide bonds. The molecule has 112 valence electrons. The van der Waals surface area contributed by atoms with E-state index in [1.54, 1.807) is 14.0 Å². The van der Waals surface area contributed by atoms with Crippen LogP contribution in [-0.2, 0) is 9.53 Å². The van der Waals surface area contributed by atoms with Gasteiger partial charge in [-0.25, -0.2) is 4.98 Å². The summed E-state index contributed by atoms with van der Waals surface area (Å²) in [4.78, 5) is 27.4. The summed E-state index contributed by atoms with van der Waals surface area (Å²) in [5, 5.41) is 8.61. The van der Waals surface area contributed by atoms with Crippen molar-refractivity contribution in [3.05, 3.63) is 4.88 Å². The van der Waals surface area contributed by atoms with Crippen LogP contribution < -0.4 is 21.7 Å². The summed E-state index contributed by atoms with van der Waals surface area (Å²) in [6, 6.07) is 0. The molecule has 0 spiro atoms. The lowest BCUT2D eigenvalue weighted by Crippen LogP contribution is -2.36. The van der Waals surface area contributed by atoms with Gasteiger partial charge in [-0.2, -0.15) is 0 Å². The van der Waals surface area contributed by atoms with Crippen molar-refractivity contribution in [3.63, 3.8) is 0 Å². The zero-order chi connectivity index (χ0) is 15.0. The standard InChI is InChI=1S/C11H19N5O3S/c1-3-13-7(17)6-15-10(18)8-9(12)16-11(20-8)14-4-5-19-2/h3-6,12H2,1-2H3,(H,13,17)(H,14,16)(H,15,18). The third-order valence-electron chi connectivity index (χ3n) is 2.23. The molecule has 0 radical (unpaired) electrons. The molecule has 1 heterocycles. The third-order valence-corrected chi connectivity index (χ3v) is 3.25. The molecule has 8 nitrogen and oxygen atoms in total. The number of nitrogens with zero attached hydrogens (tertiary/aromatic N) is 1.